The van der Waals surface area contributed by atoms with E-state index >= 15 is 0 Å². The molecule has 2 heterocycles. The number of pyridine rings is 1. The second-order valence-corrected chi connectivity index (χ2v) is 5.48. The Hall–Kier alpha value is -2.14. The summed E-state index contributed by atoms with van der Waals surface area (Å²) in [7, 11) is 0. The van der Waals surface area contributed by atoms with Crippen LogP contribution in [0.2, 0.25) is 0 Å². The quantitative estimate of drug-likeness (QED) is 0.593. The van der Waals surface area contributed by atoms with Gasteiger partial charge in [0, 0.05) is 18.1 Å². The number of nitrogen functional groups attached to an aromatic ring is 1. The van der Waals surface area contributed by atoms with Gasteiger partial charge in [0.2, 0.25) is 0 Å². The molecule has 0 bridgehead atoms. The molecule has 0 spiro atoms. The lowest BCUT2D eigenvalue weighted by atomic mass is 9.98. The molecular weight excluding hydrogens is 264 g/mol. The van der Waals surface area contributed by atoms with Gasteiger partial charge in [-0.3, -0.25) is 10.4 Å². The Morgan fingerprint density at radius 1 is 1.38 bits per heavy atom. The van der Waals surface area contributed by atoms with Gasteiger partial charge in [-0.25, -0.2) is 0 Å². The molecule has 3 rings (SSSR count). The van der Waals surface area contributed by atoms with Crippen molar-refractivity contribution in [2.75, 3.05) is 18.1 Å². The van der Waals surface area contributed by atoms with Crippen LogP contribution in [0.3, 0.4) is 0 Å². The van der Waals surface area contributed by atoms with Gasteiger partial charge in [-0.05, 0) is 25.3 Å². The molecule has 0 radical (unpaired) electrons. The minimum absolute atomic E-state index is 0.0190. The first-order valence-electron chi connectivity index (χ1n) is 7.32. The molecule has 1 aromatic heterocycles. The summed E-state index contributed by atoms with van der Waals surface area (Å²) in [5.74, 6) is 0.0190. The number of piperidine rings is 1. The standard InChI is InChI=1S/C16H20N4O/c17-16(18)13-9-19-14-7-2-1-6-12(14)15(13)20-8-4-3-5-11(20)10-21/h1-2,6-7,9,11,21H,3-5,8,10H2,(H3,17,18). The Labute approximate surface area is 123 Å². The number of rotatable bonds is 3. The first kappa shape index (κ1) is 13.8. The Morgan fingerprint density at radius 3 is 2.95 bits per heavy atom. The lowest BCUT2D eigenvalue weighted by Crippen LogP contribution is -2.43. The van der Waals surface area contributed by atoms with Crippen molar-refractivity contribution in [3.05, 3.63) is 36.0 Å². The third-order valence-electron chi connectivity index (χ3n) is 4.16. The third-order valence-corrected chi connectivity index (χ3v) is 4.16. The van der Waals surface area contributed by atoms with Crippen molar-refractivity contribution in [2.24, 2.45) is 5.73 Å². The Bertz CT molecular complexity index is 670. The van der Waals surface area contributed by atoms with Crippen LogP contribution in [-0.2, 0) is 0 Å². The zero-order valence-corrected chi connectivity index (χ0v) is 11.9. The molecule has 110 valence electrons. The van der Waals surface area contributed by atoms with Crippen molar-refractivity contribution >= 4 is 22.4 Å². The summed E-state index contributed by atoms with van der Waals surface area (Å²) >= 11 is 0. The van der Waals surface area contributed by atoms with E-state index in [1.54, 1.807) is 6.20 Å². The van der Waals surface area contributed by atoms with Crippen molar-refractivity contribution in [3.8, 4) is 0 Å². The van der Waals surface area contributed by atoms with E-state index in [9.17, 15) is 5.11 Å². The van der Waals surface area contributed by atoms with Gasteiger partial charge in [-0.2, -0.15) is 0 Å². The normalized spacial score (nSPS) is 18.9. The molecule has 21 heavy (non-hydrogen) atoms. The summed E-state index contributed by atoms with van der Waals surface area (Å²) < 4.78 is 0. The predicted octanol–water partition coefficient (Wildman–Crippen LogP) is 1.87. The van der Waals surface area contributed by atoms with Crippen LogP contribution in [0.25, 0.3) is 10.9 Å². The number of hydrogen-bond donors (Lipinski definition) is 3. The first-order valence-corrected chi connectivity index (χ1v) is 7.32. The molecule has 1 aliphatic rings. The number of nitrogens with two attached hydrogens (primary N) is 1. The van der Waals surface area contributed by atoms with E-state index in [2.05, 4.69) is 9.88 Å². The van der Waals surface area contributed by atoms with Gasteiger partial charge in [-0.1, -0.05) is 18.2 Å². The number of anilines is 1. The van der Waals surface area contributed by atoms with Gasteiger partial charge in [0.25, 0.3) is 0 Å². The van der Waals surface area contributed by atoms with Gasteiger partial charge in [0.15, 0.2) is 0 Å². The molecule has 4 N–H and O–H groups in total. The van der Waals surface area contributed by atoms with Crippen molar-refractivity contribution in [2.45, 2.75) is 25.3 Å². The van der Waals surface area contributed by atoms with Crippen LogP contribution in [0.15, 0.2) is 30.5 Å². The molecule has 0 saturated carbocycles. The summed E-state index contributed by atoms with van der Waals surface area (Å²) in [6, 6.07) is 7.97. The van der Waals surface area contributed by atoms with E-state index < -0.39 is 0 Å². The van der Waals surface area contributed by atoms with E-state index in [0.29, 0.717) is 5.56 Å². The molecule has 0 aliphatic carbocycles. The predicted molar refractivity (Wildman–Crippen MR) is 84.8 cm³/mol. The number of nitrogens with zero attached hydrogens (tertiary/aromatic N) is 2. The molecule has 1 aliphatic heterocycles. The van der Waals surface area contributed by atoms with Gasteiger partial charge in [0.05, 0.1) is 29.4 Å². The number of para-hydroxylation sites is 1. The number of nitrogens with one attached hydrogen (secondary N) is 1. The molecule has 5 heteroatoms. The van der Waals surface area contributed by atoms with E-state index in [0.717, 1.165) is 42.4 Å². The summed E-state index contributed by atoms with van der Waals surface area (Å²) in [5.41, 5.74) is 8.23. The van der Waals surface area contributed by atoms with Gasteiger partial charge < -0.3 is 15.7 Å². The number of hydrogen-bond acceptors (Lipinski definition) is 4. The number of aliphatic hydroxyl groups excluding tert-OH is 1. The van der Waals surface area contributed by atoms with Crippen molar-refractivity contribution in [1.82, 2.24) is 4.98 Å². The number of aromatic nitrogens is 1. The highest BCUT2D eigenvalue weighted by molar-refractivity contribution is 6.07. The fourth-order valence-electron chi connectivity index (χ4n) is 3.12. The lowest BCUT2D eigenvalue weighted by molar-refractivity contribution is 0.240. The zero-order valence-electron chi connectivity index (χ0n) is 11.9. The Balaban J connectivity index is 2.22. The van der Waals surface area contributed by atoms with E-state index in [1.807, 2.05) is 24.3 Å². The summed E-state index contributed by atoms with van der Waals surface area (Å²) in [5, 5.41) is 18.5. The highest BCUT2D eigenvalue weighted by Gasteiger charge is 2.26. The van der Waals surface area contributed by atoms with Crippen LogP contribution in [0.1, 0.15) is 24.8 Å². The van der Waals surface area contributed by atoms with Crippen LogP contribution >= 0.6 is 0 Å². The number of benzene rings is 1. The van der Waals surface area contributed by atoms with E-state index in [4.69, 9.17) is 11.1 Å². The molecule has 2 aromatic rings. The molecule has 5 nitrogen and oxygen atoms in total. The molecule has 1 atom stereocenters. The molecule has 1 aromatic carbocycles. The smallest absolute Gasteiger partial charge is 0.126 e. The topological polar surface area (TPSA) is 86.2 Å². The summed E-state index contributed by atoms with van der Waals surface area (Å²) in [6.07, 6.45) is 4.85. The Kier molecular flexibility index (Phi) is 3.75. The number of fused-ring (bicyclic) bond motifs is 1. The molecular formula is C16H20N4O. The third kappa shape index (κ3) is 2.45. The summed E-state index contributed by atoms with van der Waals surface area (Å²) in [6.45, 7) is 0.994. The highest BCUT2D eigenvalue weighted by atomic mass is 16.3. The molecule has 1 saturated heterocycles. The minimum atomic E-state index is 0.0190. The van der Waals surface area contributed by atoms with Crippen LogP contribution in [0.5, 0.6) is 0 Å². The second kappa shape index (κ2) is 5.69. The maximum atomic E-state index is 9.68. The molecule has 0 amide bonds. The van der Waals surface area contributed by atoms with Crippen molar-refractivity contribution in [1.29, 1.82) is 5.41 Å². The molecule has 1 unspecified atom stereocenters. The van der Waals surface area contributed by atoms with Gasteiger partial charge >= 0.3 is 0 Å². The SMILES string of the molecule is N=C(N)c1cnc2ccccc2c1N1CCCCC1CO. The maximum absolute atomic E-state index is 9.68. The highest BCUT2D eigenvalue weighted by Crippen LogP contribution is 2.33. The average molecular weight is 284 g/mol. The van der Waals surface area contributed by atoms with Crippen molar-refractivity contribution < 1.29 is 5.11 Å². The fourth-order valence-corrected chi connectivity index (χ4v) is 3.12. The second-order valence-electron chi connectivity index (χ2n) is 5.48. The van der Waals surface area contributed by atoms with E-state index in [-0.39, 0.29) is 18.5 Å². The van der Waals surface area contributed by atoms with Gasteiger partial charge in [0.1, 0.15) is 5.84 Å². The fraction of sp³-hybridized carbons (Fsp3) is 0.375. The van der Waals surface area contributed by atoms with Crippen LogP contribution in [0, 0.1) is 5.41 Å². The number of amidine groups is 1. The van der Waals surface area contributed by atoms with Crippen LogP contribution < -0.4 is 10.6 Å². The Morgan fingerprint density at radius 2 is 2.19 bits per heavy atom. The van der Waals surface area contributed by atoms with Crippen LogP contribution in [0.4, 0.5) is 5.69 Å². The van der Waals surface area contributed by atoms with E-state index in [1.165, 1.54) is 0 Å². The zero-order chi connectivity index (χ0) is 14.8. The first-order chi connectivity index (χ1) is 10.2. The van der Waals surface area contributed by atoms with Crippen LogP contribution in [-0.4, -0.2) is 35.1 Å². The summed E-state index contributed by atoms with van der Waals surface area (Å²) in [4.78, 5) is 6.60. The molecule has 1 fully saturated rings. The maximum Gasteiger partial charge on any atom is 0.126 e. The lowest BCUT2D eigenvalue weighted by Gasteiger charge is -2.38. The number of aliphatic hydroxyl groups is 1. The monoisotopic (exact) mass is 284 g/mol. The van der Waals surface area contributed by atoms with Crippen molar-refractivity contribution in [3.63, 3.8) is 0 Å². The largest absolute Gasteiger partial charge is 0.394 e. The van der Waals surface area contributed by atoms with Gasteiger partial charge in [-0.15, -0.1) is 0 Å². The average Bonchev–Trinajstić information content (AvgIpc) is 2.53. The minimum Gasteiger partial charge on any atom is -0.394 e.